The van der Waals surface area contributed by atoms with E-state index >= 15 is 0 Å². The molecule has 1 aliphatic heterocycles. The van der Waals surface area contributed by atoms with E-state index in [1.54, 1.807) is 0 Å². The van der Waals surface area contributed by atoms with Crippen LogP contribution in [-0.4, -0.2) is 60.3 Å². The normalized spacial score (nSPS) is 19.6. The summed E-state index contributed by atoms with van der Waals surface area (Å²) in [6, 6.07) is 7.25. The van der Waals surface area contributed by atoms with Gasteiger partial charge in [0.1, 0.15) is 5.82 Å². The first-order valence-electron chi connectivity index (χ1n) is 10.8. The highest BCUT2D eigenvalue weighted by Gasteiger charge is 2.18. The van der Waals surface area contributed by atoms with Crippen LogP contribution < -0.4 is 5.32 Å². The largest absolute Gasteiger partial charge is 0.379 e. The van der Waals surface area contributed by atoms with Crippen LogP contribution in [0.3, 0.4) is 0 Å². The molecule has 1 saturated heterocycles. The Bertz CT molecular complexity index is 584. The third-order valence-electron chi connectivity index (χ3n) is 5.80. The maximum Gasteiger partial charge on any atom is 0.169 e. The lowest BCUT2D eigenvalue weighted by Gasteiger charge is -2.33. The minimum atomic E-state index is -0.196. The van der Waals surface area contributed by atoms with Crippen molar-refractivity contribution in [3.63, 3.8) is 0 Å². The van der Waals surface area contributed by atoms with Crippen molar-refractivity contribution in [2.45, 2.75) is 57.5 Å². The summed E-state index contributed by atoms with van der Waals surface area (Å²) < 4.78 is 18.7. The summed E-state index contributed by atoms with van der Waals surface area (Å²) in [5, 5.41) is 4.48. The highest BCUT2D eigenvalue weighted by molar-refractivity contribution is 7.80. The topological polar surface area (TPSA) is 27.7 Å². The Morgan fingerprint density at radius 2 is 1.71 bits per heavy atom. The second-order valence-electron chi connectivity index (χ2n) is 7.99. The molecule has 6 heteroatoms. The summed E-state index contributed by atoms with van der Waals surface area (Å²) in [5.41, 5.74) is 1.09. The lowest BCUT2D eigenvalue weighted by molar-refractivity contribution is 0.0357. The van der Waals surface area contributed by atoms with Crippen molar-refractivity contribution < 1.29 is 9.13 Å². The zero-order valence-electron chi connectivity index (χ0n) is 16.9. The Kier molecular flexibility index (Phi) is 8.96. The standard InChI is InChI=1S/C22H34FN3OS/c23-20-10-8-19(9-11-20)18-26(13-12-25-14-16-27-17-15-25)22(28)24-21-6-4-2-1-3-5-7-21/h8-11,21H,1-7,12-18H2,(H,24,28). The molecule has 0 unspecified atom stereocenters. The van der Waals surface area contributed by atoms with Crippen molar-refractivity contribution in [3.8, 4) is 0 Å². The predicted octanol–water partition coefficient (Wildman–Crippen LogP) is 3.95. The molecule has 4 nitrogen and oxygen atoms in total. The molecule has 0 aromatic heterocycles. The van der Waals surface area contributed by atoms with E-state index in [-0.39, 0.29) is 5.82 Å². The van der Waals surface area contributed by atoms with Gasteiger partial charge >= 0.3 is 0 Å². The van der Waals surface area contributed by atoms with E-state index in [9.17, 15) is 4.39 Å². The van der Waals surface area contributed by atoms with E-state index in [2.05, 4.69) is 15.1 Å². The van der Waals surface area contributed by atoms with Gasteiger partial charge in [-0.2, -0.15) is 0 Å². The van der Waals surface area contributed by atoms with Gasteiger partial charge < -0.3 is 15.0 Å². The molecule has 1 aromatic rings. The highest BCUT2D eigenvalue weighted by Crippen LogP contribution is 2.18. The van der Waals surface area contributed by atoms with Gasteiger partial charge in [0.05, 0.1) is 13.2 Å². The molecule has 156 valence electrons. The number of halogens is 1. The molecule has 0 spiro atoms. The van der Waals surface area contributed by atoms with Crippen molar-refractivity contribution in [2.24, 2.45) is 0 Å². The number of nitrogens with zero attached hydrogens (tertiary/aromatic N) is 2. The number of ether oxygens (including phenoxy) is 1. The fourth-order valence-electron chi connectivity index (χ4n) is 4.02. The molecule has 1 heterocycles. The average molecular weight is 408 g/mol. The lowest BCUT2D eigenvalue weighted by atomic mass is 9.97. The minimum Gasteiger partial charge on any atom is -0.379 e. The SMILES string of the molecule is Fc1ccc(CN(CCN2CCOCC2)C(=S)NC2CCCCCCC2)cc1. The highest BCUT2D eigenvalue weighted by atomic mass is 32.1. The number of rotatable bonds is 6. The molecule has 0 radical (unpaired) electrons. The van der Waals surface area contributed by atoms with Crippen LogP contribution in [0.2, 0.25) is 0 Å². The molecule has 1 saturated carbocycles. The van der Waals surface area contributed by atoms with Crippen molar-refractivity contribution in [1.82, 2.24) is 15.1 Å². The Morgan fingerprint density at radius 1 is 1.07 bits per heavy atom. The van der Waals surface area contributed by atoms with E-state index in [0.717, 1.165) is 50.1 Å². The van der Waals surface area contributed by atoms with Gasteiger partial charge in [0.2, 0.25) is 0 Å². The fraction of sp³-hybridized carbons (Fsp3) is 0.682. The Balaban J connectivity index is 1.59. The van der Waals surface area contributed by atoms with E-state index < -0.39 is 0 Å². The zero-order valence-corrected chi connectivity index (χ0v) is 17.7. The van der Waals surface area contributed by atoms with Crippen LogP contribution in [0, 0.1) is 5.82 Å². The van der Waals surface area contributed by atoms with Gasteiger partial charge in [0.15, 0.2) is 5.11 Å². The molecule has 0 atom stereocenters. The first-order chi connectivity index (χ1) is 13.7. The summed E-state index contributed by atoms with van der Waals surface area (Å²) in [5.74, 6) is -0.196. The number of hydrogen-bond donors (Lipinski definition) is 1. The summed E-state index contributed by atoms with van der Waals surface area (Å²) in [6.07, 6.45) is 9.01. The molecule has 28 heavy (non-hydrogen) atoms. The predicted molar refractivity (Wildman–Crippen MR) is 116 cm³/mol. The number of nitrogens with one attached hydrogen (secondary N) is 1. The number of morpholine rings is 1. The van der Waals surface area contributed by atoms with Gasteiger partial charge in [-0.05, 0) is 42.8 Å². The number of hydrogen-bond acceptors (Lipinski definition) is 3. The molecule has 2 fully saturated rings. The van der Waals surface area contributed by atoms with Crippen molar-refractivity contribution in [1.29, 1.82) is 0 Å². The van der Waals surface area contributed by atoms with E-state index in [4.69, 9.17) is 17.0 Å². The van der Waals surface area contributed by atoms with E-state index in [1.165, 1.54) is 57.1 Å². The smallest absolute Gasteiger partial charge is 0.169 e. The van der Waals surface area contributed by atoms with Gasteiger partial charge in [0.25, 0.3) is 0 Å². The van der Waals surface area contributed by atoms with Crippen LogP contribution in [0.25, 0.3) is 0 Å². The Hall–Kier alpha value is -1.24. The third-order valence-corrected chi connectivity index (χ3v) is 6.17. The molecule has 1 N–H and O–H groups in total. The van der Waals surface area contributed by atoms with Crippen LogP contribution in [0.1, 0.15) is 50.5 Å². The zero-order chi connectivity index (χ0) is 19.6. The molecule has 3 rings (SSSR count). The van der Waals surface area contributed by atoms with Crippen LogP contribution in [0.5, 0.6) is 0 Å². The van der Waals surface area contributed by atoms with Gasteiger partial charge in [-0.1, -0.05) is 44.2 Å². The van der Waals surface area contributed by atoms with Crippen LogP contribution in [-0.2, 0) is 11.3 Å². The van der Waals surface area contributed by atoms with Gasteiger partial charge in [0, 0.05) is 38.8 Å². The molecule has 0 bridgehead atoms. The maximum absolute atomic E-state index is 13.3. The lowest BCUT2D eigenvalue weighted by Crippen LogP contribution is -2.48. The fourth-order valence-corrected chi connectivity index (χ4v) is 4.34. The summed E-state index contributed by atoms with van der Waals surface area (Å²) in [4.78, 5) is 4.68. The number of thiocarbonyl (C=S) groups is 1. The Morgan fingerprint density at radius 3 is 2.39 bits per heavy atom. The van der Waals surface area contributed by atoms with Crippen molar-refractivity contribution in [3.05, 3.63) is 35.6 Å². The van der Waals surface area contributed by atoms with Crippen LogP contribution >= 0.6 is 12.2 Å². The van der Waals surface area contributed by atoms with Gasteiger partial charge in [-0.15, -0.1) is 0 Å². The molecule has 1 aliphatic carbocycles. The van der Waals surface area contributed by atoms with Crippen molar-refractivity contribution >= 4 is 17.3 Å². The first-order valence-corrected chi connectivity index (χ1v) is 11.2. The van der Waals surface area contributed by atoms with Crippen LogP contribution in [0.4, 0.5) is 4.39 Å². The van der Waals surface area contributed by atoms with Crippen molar-refractivity contribution in [2.75, 3.05) is 39.4 Å². The minimum absolute atomic E-state index is 0.196. The second kappa shape index (κ2) is 11.7. The molecule has 1 aromatic carbocycles. The molecular formula is C22H34FN3OS. The molecular weight excluding hydrogens is 373 g/mol. The Labute approximate surface area is 174 Å². The molecule has 2 aliphatic rings. The van der Waals surface area contributed by atoms with E-state index in [1.807, 2.05) is 12.1 Å². The monoisotopic (exact) mass is 407 g/mol. The maximum atomic E-state index is 13.3. The third kappa shape index (κ3) is 7.30. The van der Waals surface area contributed by atoms with Gasteiger partial charge in [-0.3, -0.25) is 4.90 Å². The van der Waals surface area contributed by atoms with E-state index in [0.29, 0.717) is 12.6 Å². The number of benzene rings is 1. The van der Waals surface area contributed by atoms with Gasteiger partial charge in [-0.25, -0.2) is 4.39 Å². The summed E-state index contributed by atoms with van der Waals surface area (Å²) >= 11 is 5.82. The average Bonchev–Trinajstić information content (AvgIpc) is 2.69. The first kappa shape index (κ1) is 21.5. The van der Waals surface area contributed by atoms with Crippen LogP contribution in [0.15, 0.2) is 24.3 Å². The second-order valence-corrected chi connectivity index (χ2v) is 8.38. The summed E-state index contributed by atoms with van der Waals surface area (Å²) in [7, 11) is 0. The quantitative estimate of drug-likeness (QED) is 0.721. The molecule has 0 amide bonds. The summed E-state index contributed by atoms with van der Waals surface area (Å²) in [6.45, 7) is 6.13.